The molecule has 4 heteroatoms. The molecule has 90 valence electrons. The standard InChI is InChI=1S/C11H20F3N/c1-8-4-9(6-10(2,3)5-8)15-7-11(12,13)14/h8-9,15H,4-7H2,1-3H3. The summed E-state index contributed by atoms with van der Waals surface area (Å²) in [4.78, 5) is 0. The van der Waals surface area contributed by atoms with Crippen LogP contribution in [0.1, 0.15) is 40.0 Å². The average molecular weight is 223 g/mol. The number of nitrogens with one attached hydrogen (secondary N) is 1. The van der Waals surface area contributed by atoms with Crippen molar-refractivity contribution >= 4 is 0 Å². The van der Waals surface area contributed by atoms with Gasteiger partial charge >= 0.3 is 6.18 Å². The molecule has 0 aromatic heterocycles. The van der Waals surface area contributed by atoms with E-state index in [0.29, 0.717) is 5.92 Å². The monoisotopic (exact) mass is 223 g/mol. The maximum Gasteiger partial charge on any atom is 0.401 e. The van der Waals surface area contributed by atoms with Crippen molar-refractivity contribution in [2.45, 2.75) is 52.3 Å². The van der Waals surface area contributed by atoms with Crippen LogP contribution in [-0.4, -0.2) is 18.8 Å². The fraction of sp³-hybridized carbons (Fsp3) is 1.00. The predicted octanol–water partition coefficient (Wildman–Crippen LogP) is 3.35. The number of hydrogen-bond donors (Lipinski definition) is 1. The van der Waals surface area contributed by atoms with Gasteiger partial charge in [0.25, 0.3) is 0 Å². The Morgan fingerprint density at radius 3 is 2.33 bits per heavy atom. The van der Waals surface area contributed by atoms with Gasteiger partial charge in [0.15, 0.2) is 0 Å². The Morgan fingerprint density at radius 2 is 1.87 bits per heavy atom. The van der Waals surface area contributed by atoms with Crippen molar-refractivity contribution in [2.75, 3.05) is 6.54 Å². The molecule has 1 fully saturated rings. The minimum atomic E-state index is -4.09. The Bertz CT molecular complexity index is 210. The SMILES string of the molecule is CC1CC(NCC(F)(F)F)CC(C)(C)C1. The first kappa shape index (κ1) is 12.8. The molecule has 1 nitrogen and oxygen atoms in total. The molecule has 0 spiro atoms. The minimum Gasteiger partial charge on any atom is -0.306 e. The first-order valence-electron chi connectivity index (χ1n) is 5.48. The zero-order valence-corrected chi connectivity index (χ0v) is 9.62. The molecule has 1 N–H and O–H groups in total. The molecule has 0 amide bonds. The summed E-state index contributed by atoms with van der Waals surface area (Å²) < 4.78 is 36.1. The Kier molecular flexibility index (Phi) is 3.69. The van der Waals surface area contributed by atoms with E-state index in [4.69, 9.17) is 0 Å². The van der Waals surface area contributed by atoms with Crippen LogP contribution in [0.4, 0.5) is 13.2 Å². The van der Waals surface area contributed by atoms with Crippen LogP contribution in [0.2, 0.25) is 0 Å². The van der Waals surface area contributed by atoms with Gasteiger partial charge in [0.2, 0.25) is 0 Å². The van der Waals surface area contributed by atoms with Crippen LogP contribution in [0.25, 0.3) is 0 Å². The molecule has 1 saturated carbocycles. The third-order valence-corrected chi connectivity index (χ3v) is 2.98. The van der Waals surface area contributed by atoms with Crippen molar-refractivity contribution in [3.63, 3.8) is 0 Å². The molecule has 1 rings (SSSR count). The molecule has 2 atom stereocenters. The van der Waals surface area contributed by atoms with E-state index in [1.807, 2.05) is 0 Å². The molecule has 0 radical (unpaired) electrons. The summed E-state index contributed by atoms with van der Waals surface area (Å²) >= 11 is 0. The predicted molar refractivity (Wildman–Crippen MR) is 54.6 cm³/mol. The Morgan fingerprint density at radius 1 is 1.27 bits per heavy atom. The van der Waals surface area contributed by atoms with Gasteiger partial charge in [-0.3, -0.25) is 0 Å². The summed E-state index contributed by atoms with van der Waals surface area (Å²) in [6.45, 7) is 5.51. The van der Waals surface area contributed by atoms with Crippen molar-refractivity contribution in [3.8, 4) is 0 Å². The highest BCUT2D eigenvalue weighted by atomic mass is 19.4. The second kappa shape index (κ2) is 4.32. The first-order chi connectivity index (χ1) is 6.68. The highest BCUT2D eigenvalue weighted by molar-refractivity contribution is 4.86. The van der Waals surface area contributed by atoms with Crippen LogP contribution in [0.3, 0.4) is 0 Å². The molecule has 2 unspecified atom stereocenters. The van der Waals surface area contributed by atoms with Gasteiger partial charge < -0.3 is 5.32 Å². The molecule has 1 aliphatic rings. The molecular formula is C11H20F3N. The number of rotatable bonds is 2. The normalized spacial score (nSPS) is 31.6. The van der Waals surface area contributed by atoms with Gasteiger partial charge in [-0.2, -0.15) is 13.2 Å². The first-order valence-corrected chi connectivity index (χ1v) is 5.48. The van der Waals surface area contributed by atoms with Crippen LogP contribution in [0, 0.1) is 11.3 Å². The number of halogens is 3. The van der Waals surface area contributed by atoms with Crippen molar-refractivity contribution in [2.24, 2.45) is 11.3 Å². The van der Waals surface area contributed by atoms with E-state index in [2.05, 4.69) is 26.1 Å². The molecule has 0 heterocycles. The van der Waals surface area contributed by atoms with E-state index in [9.17, 15) is 13.2 Å². The lowest BCUT2D eigenvalue weighted by Gasteiger charge is -2.39. The third kappa shape index (κ3) is 4.87. The zero-order valence-electron chi connectivity index (χ0n) is 9.62. The number of hydrogen-bond acceptors (Lipinski definition) is 1. The summed E-state index contributed by atoms with van der Waals surface area (Å²) in [5, 5.41) is 2.62. The fourth-order valence-electron chi connectivity index (χ4n) is 2.76. The smallest absolute Gasteiger partial charge is 0.306 e. The lowest BCUT2D eigenvalue weighted by Crippen LogP contribution is -2.43. The molecule has 0 aromatic carbocycles. The molecule has 0 aliphatic heterocycles. The third-order valence-electron chi connectivity index (χ3n) is 2.98. The van der Waals surface area contributed by atoms with Crippen LogP contribution in [0.15, 0.2) is 0 Å². The van der Waals surface area contributed by atoms with Gasteiger partial charge in [0.1, 0.15) is 0 Å². The van der Waals surface area contributed by atoms with Gasteiger partial charge in [-0.05, 0) is 30.6 Å². The zero-order chi connectivity index (χ0) is 11.7. The van der Waals surface area contributed by atoms with Gasteiger partial charge in [0, 0.05) is 6.04 Å². The van der Waals surface area contributed by atoms with Gasteiger partial charge in [0.05, 0.1) is 6.54 Å². The largest absolute Gasteiger partial charge is 0.401 e. The van der Waals surface area contributed by atoms with Crippen LogP contribution < -0.4 is 5.32 Å². The van der Waals surface area contributed by atoms with Gasteiger partial charge in [-0.25, -0.2) is 0 Å². The van der Waals surface area contributed by atoms with E-state index in [1.54, 1.807) is 0 Å². The second-order valence-electron chi connectivity index (χ2n) is 5.61. The topological polar surface area (TPSA) is 12.0 Å². The van der Waals surface area contributed by atoms with E-state index >= 15 is 0 Å². The summed E-state index contributed by atoms with van der Waals surface area (Å²) in [7, 11) is 0. The minimum absolute atomic E-state index is 0.0189. The lowest BCUT2D eigenvalue weighted by molar-refractivity contribution is -0.127. The van der Waals surface area contributed by atoms with E-state index < -0.39 is 12.7 Å². The molecule has 0 bridgehead atoms. The summed E-state index contributed by atoms with van der Waals surface area (Å²) in [6, 6.07) is 0.0189. The Hall–Kier alpha value is -0.250. The summed E-state index contributed by atoms with van der Waals surface area (Å²) in [5.41, 5.74) is 0.168. The van der Waals surface area contributed by atoms with Crippen molar-refractivity contribution in [3.05, 3.63) is 0 Å². The Balaban J connectivity index is 2.42. The average Bonchev–Trinajstić information content (AvgIpc) is 1.95. The molecule has 0 saturated heterocycles. The summed E-state index contributed by atoms with van der Waals surface area (Å²) in [5.74, 6) is 0.513. The number of alkyl halides is 3. The van der Waals surface area contributed by atoms with Crippen molar-refractivity contribution in [1.29, 1.82) is 0 Å². The fourth-order valence-corrected chi connectivity index (χ4v) is 2.76. The van der Waals surface area contributed by atoms with Crippen molar-refractivity contribution < 1.29 is 13.2 Å². The van der Waals surface area contributed by atoms with Crippen molar-refractivity contribution in [1.82, 2.24) is 5.32 Å². The molecule has 15 heavy (non-hydrogen) atoms. The highest BCUT2D eigenvalue weighted by Gasteiger charge is 2.34. The molecular weight excluding hydrogens is 203 g/mol. The Labute approximate surface area is 89.4 Å². The van der Waals surface area contributed by atoms with Crippen LogP contribution in [0.5, 0.6) is 0 Å². The van der Waals surface area contributed by atoms with Crippen LogP contribution >= 0.6 is 0 Å². The van der Waals surface area contributed by atoms with E-state index in [1.165, 1.54) is 0 Å². The molecule has 0 aromatic rings. The maximum absolute atomic E-state index is 12.0. The molecule has 1 aliphatic carbocycles. The highest BCUT2D eigenvalue weighted by Crippen LogP contribution is 2.38. The second-order valence-corrected chi connectivity index (χ2v) is 5.61. The maximum atomic E-state index is 12.0. The lowest BCUT2D eigenvalue weighted by atomic mass is 9.70. The summed E-state index contributed by atoms with van der Waals surface area (Å²) in [6.07, 6.45) is -1.28. The van der Waals surface area contributed by atoms with Crippen LogP contribution in [-0.2, 0) is 0 Å². The quantitative estimate of drug-likeness (QED) is 0.757. The van der Waals surface area contributed by atoms with E-state index in [-0.39, 0.29) is 11.5 Å². The van der Waals surface area contributed by atoms with E-state index in [0.717, 1.165) is 19.3 Å². The van der Waals surface area contributed by atoms with Gasteiger partial charge in [-0.15, -0.1) is 0 Å². The van der Waals surface area contributed by atoms with Gasteiger partial charge in [-0.1, -0.05) is 20.8 Å².